The molecule has 5 nitrogen and oxygen atoms in total. The molecule has 0 aliphatic rings. The molecule has 134 valence electrons. The third-order valence-electron chi connectivity index (χ3n) is 4.03. The maximum Gasteiger partial charge on any atom is 0.278 e. The molecule has 1 aromatic carbocycles. The first-order valence-electron chi connectivity index (χ1n) is 8.15. The lowest BCUT2D eigenvalue weighted by Crippen LogP contribution is -2.36. The topological polar surface area (TPSA) is 54.3 Å². The van der Waals surface area contributed by atoms with Crippen LogP contribution in [-0.4, -0.2) is 37.9 Å². The molecule has 1 aromatic heterocycles. The number of benzene rings is 1. The zero-order valence-electron chi connectivity index (χ0n) is 14.7. The zero-order valence-corrected chi connectivity index (χ0v) is 17.1. The first kappa shape index (κ1) is 19.4. The van der Waals surface area contributed by atoms with Crippen LogP contribution in [0, 0.1) is 5.92 Å². The van der Waals surface area contributed by atoms with Crippen LogP contribution in [0.2, 0.25) is 0 Å². The molecule has 0 aliphatic heterocycles. The second kappa shape index (κ2) is 7.99. The van der Waals surface area contributed by atoms with E-state index >= 15 is 0 Å². The first-order chi connectivity index (χ1) is 11.2. The summed E-state index contributed by atoms with van der Waals surface area (Å²) < 4.78 is 30.8. The van der Waals surface area contributed by atoms with Crippen molar-refractivity contribution < 1.29 is 8.42 Å². The fourth-order valence-electron chi connectivity index (χ4n) is 2.57. The molecular formula is C17H26BrN3O2S. The van der Waals surface area contributed by atoms with Crippen LogP contribution in [0.15, 0.2) is 28.9 Å². The van der Waals surface area contributed by atoms with Gasteiger partial charge in [-0.25, -0.2) is 4.72 Å². The smallest absolute Gasteiger partial charge is 0.278 e. The molecule has 1 N–H and O–H groups in total. The lowest BCUT2D eigenvalue weighted by atomic mass is 10.1. The Kier molecular flexibility index (Phi) is 6.47. The molecule has 7 heteroatoms. The van der Waals surface area contributed by atoms with Gasteiger partial charge in [0.05, 0.1) is 0 Å². The standard InChI is InChI=1S/C17H26BrN3O2S/c1-13(2)8-10-21-12-14(7-9-19-24(22,23)20(3)4)16-6-5-15(18)11-17(16)21/h5-6,11-13,19H,7-10H2,1-4H3. The molecule has 0 aliphatic carbocycles. The summed E-state index contributed by atoms with van der Waals surface area (Å²) in [5.74, 6) is 0.643. The molecule has 2 aromatic rings. The minimum Gasteiger partial charge on any atom is -0.347 e. The minimum absolute atomic E-state index is 0.389. The van der Waals surface area contributed by atoms with E-state index in [1.54, 1.807) is 0 Å². The van der Waals surface area contributed by atoms with Crippen molar-refractivity contribution >= 4 is 37.0 Å². The van der Waals surface area contributed by atoms with Crippen molar-refractivity contribution in [1.29, 1.82) is 0 Å². The summed E-state index contributed by atoms with van der Waals surface area (Å²) in [5, 5.41) is 1.19. The third-order valence-corrected chi connectivity index (χ3v) is 6.06. The van der Waals surface area contributed by atoms with Crippen LogP contribution in [0.5, 0.6) is 0 Å². The lowest BCUT2D eigenvalue weighted by molar-refractivity contribution is 0.505. The van der Waals surface area contributed by atoms with Crippen molar-refractivity contribution in [3.8, 4) is 0 Å². The molecule has 0 radical (unpaired) electrons. The Balaban J connectivity index is 2.20. The average molecular weight is 416 g/mol. The van der Waals surface area contributed by atoms with Crippen molar-refractivity contribution in [3.63, 3.8) is 0 Å². The van der Waals surface area contributed by atoms with Crippen LogP contribution < -0.4 is 4.72 Å². The van der Waals surface area contributed by atoms with Gasteiger partial charge >= 0.3 is 0 Å². The maximum absolute atomic E-state index is 11.8. The van der Waals surface area contributed by atoms with Crippen LogP contribution in [0.25, 0.3) is 10.9 Å². The second-order valence-corrected chi connectivity index (χ2v) is 9.51. The van der Waals surface area contributed by atoms with Gasteiger partial charge < -0.3 is 4.57 Å². The molecule has 24 heavy (non-hydrogen) atoms. The molecular weight excluding hydrogens is 390 g/mol. The fraction of sp³-hybridized carbons (Fsp3) is 0.529. The number of nitrogens with zero attached hydrogens (tertiary/aromatic N) is 2. The number of rotatable bonds is 8. The summed E-state index contributed by atoms with van der Waals surface area (Å²) in [6, 6.07) is 6.26. The van der Waals surface area contributed by atoms with Crippen molar-refractivity contribution in [2.45, 2.75) is 33.2 Å². The summed E-state index contributed by atoms with van der Waals surface area (Å²) in [4.78, 5) is 0. The van der Waals surface area contributed by atoms with Gasteiger partial charge in [0.1, 0.15) is 0 Å². The van der Waals surface area contributed by atoms with Crippen LogP contribution >= 0.6 is 15.9 Å². The molecule has 0 saturated heterocycles. The van der Waals surface area contributed by atoms with Gasteiger partial charge in [0.25, 0.3) is 10.2 Å². The van der Waals surface area contributed by atoms with Crippen molar-refractivity contribution in [2.24, 2.45) is 5.92 Å². The molecule has 0 amide bonds. The van der Waals surface area contributed by atoms with E-state index in [1.807, 2.05) is 6.07 Å². The maximum atomic E-state index is 11.8. The van der Waals surface area contributed by atoms with Gasteiger partial charge in [-0.05, 0) is 36.5 Å². The number of nitrogens with one attached hydrogen (secondary N) is 1. The van der Waals surface area contributed by atoms with E-state index < -0.39 is 10.2 Å². The number of hydrogen-bond donors (Lipinski definition) is 1. The van der Waals surface area contributed by atoms with Crippen molar-refractivity contribution in [1.82, 2.24) is 13.6 Å². The Bertz CT molecular complexity index is 798. The highest BCUT2D eigenvalue weighted by molar-refractivity contribution is 9.10. The largest absolute Gasteiger partial charge is 0.347 e. The van der Waals surface area contributed by atoms with E-state index in [4.69, 9.17) is 0 Å². The quantitative estimate of drug-likeness (QED) is 0.717. The van der Waals surface area contributed by atoms with E-state index in [2.05, 4.69) is 57.4 Å². The Morgan fingerprint density at radius 3 is 2.62 bits per heavy atom. The average Bonchev–Trinajstić information content (AvgIpc) is 2.82. The van der Waals surface area contributed by atoms with Crippen LogP contribution in [0.3, 0.4) is 0 Å². The number of aryl methyl sites for hydroxylation is 1. The SMILES string of the molecule is CC(C)CCn1cc(CCNS(=O)(=O)N(C)C)c2ccc(Br)cc21. The molecule has 0 unspecified atom stereocenters. The number of aromatic nitrogens is 1. The summed E-state index contributed by atoms with van der Waals surface area (Å²) in [5.41, 5.74) is 2.36. The normalized spacial score (nSPS) is 12.6. The van der Waals surface area contributed by atoms with Crippen LogP contribution in [-0.2, 0) is 23.2 Å². The highest BCUT2D eigenvalue weighted by Gasteiger charge is 2.14. The van der Waals surface area contributed by atoms with E-state index in [9.17, 15) is 8.42 Å². The van der Waals surface area contributed by atoms with Gasteiger partial charge in [-0.1, -0.05) is 35.8 Å². The summed E-state index contributed by atoms with van der Waals surface area (Å²) in [6.07, 6.45) is 3.94. The predicted molar refractivity (Wildman–Crippen MR) is 103 cm³/mol. The van der Waals surface area contributed by atoms with Crippen LogP contribution in [0.1, 0.15) is 25.8 Å². The van der Waals surface area contributed by atoms with Gasteiger partial charge in [-0.3, -0.25) is 0 Å². The summed E-state index contributed by atoms with van der Waals surface area (Å²) in [6.45, 7) is 5.80. The molecule has 0 saturated carbocycles. The molecule has 1 heterocycles. The van der Waals surface area contributed by atoms with Crippen LogP contribution in [0.4, 0.5) is 0 Å². The first-order valence-corrected chi connectivity index (χ1v) is 10.4. The molecule has 0 fully saturated rings. The molecule has 0 bridgehead atoms. The lowest BCUT2D eigenvalue weighted by Gasteiger charge is -2.11. The minimum atomic E-state index is -3.37. The van der Waals surface area contributed by atoms with E-state index in [0.29, 0.717) is 18.9 Å². The number of hydrogen-bond acceptors (Lipinski definition) is 2. The van der Waals surface area contributed by atoms with Crippen molar-refractivity contribution in [2.75, 3.05) is 20.6 Å². The van der Waals surface area contributed by atoms with E-state index in [1.165, 1.54) is 34.9 Å². The highest BCUT2D eigenvalue weighted by Crippen LogP contribution is 2.26. The number of fused-ring (bicyclic) bond motifs is 1. The van der Waals surface area contributed by atoms with E-state index in [0.717, 1.165) is 17.4 Å². The summed E-state index contributed by atoms with van der Waals surface area (Å²) in [7, 11) is -0.323. The fourth-order valence-corrected chi connectivity index (χ4v) is 3.53. The van der Waals surface area contributed by atoms with E-state index in [-0.39, 0.29) is 0 Å². The Morgan fingerprint density at radius 2 is 2.00 bits per heavy atom. The second-order valence-electron chi connectivity index (χ2n) is 6.62. The monoisotopic (exact) mass is 415 g/mol. The zero-order chi connectivity index (χ0) is 17.9. The Morgan fingerprint density at radius 1 is 1.29 bits per heavy atom. The van der Waals surface area contributed by atoms with Gasteiger partial charge in [-0.2, -0.15) is 12.7 Å². The van der Waals surface area contributed by atoms with Gasteiger partial charge in [0, 0.05) is 48.8 Å². The Hall–Kier alpha value is -0.890. The van der Waals surface area contributed by atoms with Gasteiger partial charge in [0.2, 0.25) is 0 Å². The Labute approximate surface area is 153 Å². The van der Waals surface area contributed by atoms with Crippen molar-refractivity contribution in [3.05, 3.63) is 34.4 Å². The summed E-state index contributed by atoms with van der Waals surface area (Å²) >= 11 is 3.54. The molecule has 0 atom stereocenters. The number of halogens is 1. The predicted octanol–water partition coefficient (Wildman–Crippen LogP) is 3.39. The molecule has 0 spiro atoms. The van der Waals surface area contributed by atoms with Gasteiger partial charge in [0.15, 0.2) is 0 Å². The molecule has 2 rings (SSSR count). The highest BCUT2D eigenvalue weighted by atomic mass is 79.9. The third kappa shape index (κ3) is 4.81. The van der Waals surface area contributed by atoms with Gasteiger partial charge in [-0.15, -0.1) is 0 Å².